The zero-order valence-electron chi connectivity index (χ0n) is 14.4. The summed E-state index contributed by atoms with van der Waals surface area (Å²) in [6.45, 7) is 0.725. The largest absolute Gasteiger partial charge is 0.402 e. The van der Waals surface area contributed by atoms with Crippen LogP contribution in [0.15, 0.2) is 59.2 Å². The lowest BCUT2D eigenvalue weighted by Gasteiger charge is -2.15. The van der Waals surface area contributed by atoms with Crippen molar-refractivity contribution in [3.8, 4) is 6.07 Å². The van der Waals surface area contributed by atoms with Gasteiger partial charge in [-0.05, 0) is 54.5 Å². The molecular formula is C21H15N3O3. The topological polar surface area (TPSA) is 82.8 Å². The predicted octanol–water partition coefficient (Wildman–Crippen LogP) is 3.03. The van der Waals surface area contributed by atoms with Gasteiger partial charge in [-0.25, -0.2) is 9.79 Å². The first kappa shape index (κ1) is 16.7. The predicted molar refractivity (Wildman–Crippen MR) is 99.8 cm³/mol. The highest BCUT2D eigenvalue weighted by molar-refractivity contribution is 6.13. The summed E-state index contributed by atoms with van der Waals surface area (Å²) >= 11 is 0. The van der Waals surface area contributed by atoms with Crippen molar-refractivity contribution in [2.45, 2.75) is 12.8 Å². The van der Waals surface area contributed by atoms with E-state index < -0.39 is 5.97 Å². The maximum absolute atomic E-state index is 12.1. The molecule has 6 heteroatoms. The highest BCUT2D eigenvalue weighted by Crippen LogP contribution is 2.24. The molecule has 0 aliphatic carbocycles. The van der Waals surface area contributed by atoms with Crippen LogP contribution >= 0.6 is 0 Å². The number of carbonyl (C=O) groups excluding carboxylic acids is 2. The van der Waals surface area contributed by atoms with Crippen molar-refractivity contribution in [2.24, 2.45) is 4.99 Å². The Hall–Kier alpha value is -3.72. The average molecular weight is 357 g/mol. The van der Waals surface area contributed by atoms with Gasteiger partial charge in [0, 0.05) is 24.2 Å². The van der Waals surface area contributed by atoms with E-state index in [9.17, 15) is 9.59 Å². The van der Waals surface area contributed by atoms with Crippen LogP contribution in [0.25, 0.3) is 6.08 Å². The molecule has 0 aromatic heterocycles. The standard InChI is InChI=1S/C21H15N3O3/c22-13-15-4-1-3-14(11-15)12-18-21(26)27-20(23-18)16-6-8-17(9-7-16)24-10-2-5-19(24)25/h1,3-4,6-9,11-12H,2,5,10H2/b18-12-. The molecule has 0 saturated carbocycles. The molecule has 1 saturated heterocycles. The van der Waals surface area contributed by atoms with Crippen molar-refractivity contribution in [1.82, 2.24) is 0 Å². The Morgan fingerprint density at radius 2 is 1.96 bits per heavy atom. The van der Waals surface area contributed by atoms with Gasteiger partial charge in [-0.15, -0.1) is 0 Å². The zero-order valence-corrected chi connectivity index (χ0v) is 14.4. The molecule has 0 radical (unpaired) electrons. The minimum absolute atomic E-state index is 0.122. The van der Waals surface area contributed by atoms with Crippen molar-refractivity contribution >= 4 is 29.5 Å². The smallest absolute Gasteiger partial charge is 0.363 e. The molecule has 2 aliphatic heterocycles. The third-order valence-corrected chi connectivity index (χ3v) is 4.44. The lowest BCUT2D eigenvalue weighted by molar-refractivity contribution is -0.130. The number of nitriles is 1. The number of hydrogen-bond donors (Lipinski definition) is 0. The minimum atomic E-state index is -0.536. The van der Waals surface area contributed by atoms with Crippen molar-refractivity contribution in [1.29, 1.82) is 5.26 Å². The van der Waals surface area contributed by atoms with E-state index in [4.69, 9.17) is 10.00 Å². The molecule has 6 nitrogen and oxygen atoms in total. The zero-order chi connectivity index (χ0) is 18.8. The summed E-state index contributed by atoms with van der Waals surface area (Å²) in [6, 6.07) is 16.2. The van der Waals surface area contributed by atoms with Gasteiger partial charge in [0.15, 0.2) is 5.70 Å². The average Bonchev–Trinajstić information content (AvgIpc) is 3.28. The molecule has 0 unspecified atom stereocenters. The first-order valence-corrected chi connectivity index (χ1v) is 8.57. The number of aliphatic imine (C=N–C) groups is 1. The van der Waals surface area contributed by atoms with Crippen molar-refractivity contribution in [3.63, 3.8) is 0 Å². The molecule has 1 amide bonds. The van der Waals surface area contributed by atoms with Crippen molar-refractivity contribution < 1.29 is 14.3 Å². The summed E-state index contributed by atoms with van der Waals surface area (Å²) in [5, 5.41) is 8.97. The monoisotopic (exact) mass is 357 g/mol. The van der Waals surface area contributed by atoms with Crippen LogP contribution in [-0.2, 0) is 14.3 Å². The van der Waals surface area contributed by atoms with Gasteiger partial charge in [-0.2, -0.15) is 5.26 Å². The molecular weight excluding hydrogens is 342 g/mol. The summed E-state index contributed by atoms with van der Waals surface area (Å²) in [5.41, 5.74) is 2.88. The van der Waals surface area contributed by atoms with Crippen LogP contribution in [0.5, 0.6) is 0 Å². The van der Waals surface area contributed by atoms with Gasteiger partial charge < -0.3 is 9.64 Å². The fraction of sp³-hybridized carbons (Fsp3) is 0.143. The Labute approximate surface area is 156 Å². The molecule has 0 spiro atoms. The Balaban J connectivity index is 1.58. The molecule has 2 heterocycles. The Kier molecular flexibility index (Phi) is 4.27. The second-order valence-electron chi connectivity index (χ2n) is 6.27. The van der Waals surface area contributed by atoms with Crippen LogP contribution in [0.1, 0.15) is 29.5 Å². The molecule has 2 aliphatic rings. The van der Waals surface area contributed by atoms with Crippen LogP contribution in [-0.4, -0.2) is 24.3 Å². The summed E-state index contributed by atoms with van der Waals surface area (Å²) in [4.78, 5) is 30.0. The molecule has 2 aromatic carbocycles. The van der Waals surface area contributed by atoms with E-state index in [0.29, 0.717) is 23.1 Å². The van der Waals surface area contributed by atoms with Crippen LogP contribution < -0.4 is 4.90 Å². The first-order chi connectivity index (χ1) is 13.1. The number of anilines is 1. The van der Waals surface area contributed by atoms with Crippen LogP contribution in [0.2, 0.25) is 0 Å². The maximum atomic E-state index is 12.1. The fourth-order valence-electron chi connectivity index (χ4n) is 3.09. The quantitative estimate of drug-likeness (QED) is 0.624. The third kappa shape index (κ3) is 3.35. The molecule has 27 heavy (non-hydrogen) atoms. The second kappa shape index (κ2) is 6.89. The molecule has 2 aromatic rings. The highest BCUT2D eigenvalue weighted by atomic mass is 16.6. The third-order valence-electron chi connectivity index (χ3n) is 4.44. The van der Waals surface area contributed by atoms with Gasteiger partial charge in [0.05, 0.1) is 11.6 Å². The van der Waals surface area contributed by atoms with Gasteiger partial charge in [0.1, 0.15) is 0 Å². The number of ether oxygens (including phenoxy) is 1. The van der Waals surface area contributed by atoms with Crippen molar-refractivity contribution in [3.05, 3.63) is 70.9 Å². The number of benzene rings is 2. The summed E-state index contributed by atoms with van der Waals surface area (Å²) in [6.07, 6.45) is 3.03. The van der Waals surface area contributed by atoms with E-state index in [0.717, 1.165) is 18.7 Å². The van der Waals surface area contributed by atoms with E-state index in [1.165, 1.54) is 0 Å². The Bertz CT molecular complexity index is 1030. The van der Waals surface area contributed by atoms with Crippen molar-refractivity contribution in [2.75, 3.05) is 11.4 Å². The molecule has 0 bridgehead atoms. The Morgan fingerprint density at radius 3 is 2.67 bits per heavy atom. The van der Waals surface area contributed by atoms with E-state index in [-0.39, 0.29) is 17.5 Å². The molecule has 1 fully saturated rings. The lowest BCUT2D eigenvalue weighted by Crippen LogP contribution is -2.23. The number of hydrogen-bond acceptors (Lipinski definition) is 5. The van der Waals surface area contributed by atoms with Gasteiger partial charge in [0.2, 0.25) is 11.8 Å². The van der Waals surface area contributed by atoms with Crippen LogP contribution in [0, 0.1) is 11.3 Å². The second-order valence-corrected chi connectivity index (χ2v) is 6.27. The first-order valence-electron chi connectivity index (χ1n) is 8.57. The lowest BCUT2D eigenvalue weighted by atomic mass is 10.1. The number of cyclic esters (lactones) is 1. The van der Waals surface area contributed by atoms with Gasteiger partial charge >= 0.3 is 5.97 Å². The summed E-state index contributed by atoms with van der Waals surface area (Å²) in [5.74, 6) is -0.189. The van der Waals surface area contributed by atoms with Gasteiger partial charge in [0.25, 0.3) is 0 Å². The molecule has 132 valence electrons. The normalized spacial score (nSPS) is 17.8. The minimum Gasteiger partial charge on any atom is -0.402 e. The van der Waals surface area contributed by atoms with Crippen LogP contribution in [0.4, 0.5) is 5.69 Å². The van der Waals surface area contributed by atoms with E-state index in [1.54, 1.807) is 47.4 Å². The molecule has 0 atom stereocenters. The van der Waals surface area contributed by atoms with E-state index >= 15 is 0 Å². The van der Waals surface area contributed by atoms with Gasteiger partial charge in [-0.1, -0.05) is 12.1 Å². The number of rotatable bonds is 3. The number of nitrogens with zero attached hydrogens (tertiary/aromatic N) is 3. The molecule has 0 N–H and O–H groups in total. The SMILES string of the molecule is N#Cc1cccc(/C=C2\N=C(c3ccc(N4CCCC4=O)cc3)OC2=O)c1. The van der Waals surface area contributed by atoms with Crippen LogP contribution in [0.3, 0.4) is 0 Å². The Morgan fingerprint density at radius 1 is 1.15 bits per heavy atom. The summed E-state index contributed by atoms with van der Waals surface area (Å²) < 4.78 is 5.27. The fourth-order valence-corrected chi connectivity index (χ4v) is 3.09. The number of esters is 1. The highest BCUT2D eigenvalue weighted by Gasteiger charge is 2.25. The number of amides is 1. The molecule has 4 rings (SSSR count). The van der Waals surface area contributed by atoms with Gasteiger partial charge in [-0.3, -0.25) is 4.79 Å². The number of carbonyl (C=O) groups is 2. The van der Waals surface area contributed by atoms with E-state index in [2.05, 4.69) is 11.1 Å². The maximum Gasteiger partial charge on any atom is 0.363 e. The van der Waals surface area contributed by atoms with E-state index in [1.807, 2.05) is 12.1 Å². The summed E-state index contributed by atoms with van der Waals surface area (Å²) in [7, 11) is 0.